The second-order valence-corrected chi connectivity index (χ2v) is 7.64. The number of halogens is 2. The van der Waals surface area contributed by atoms with Crippen LogP contribution in [0.25, 0.3) is 0 Å². The van der Waals surface area contributed by atoms with Gasteiger partial charge in [0, 0.05) is 43.8 Å². The van der Waals surface area contributed by atoms with Crippen molar-refractivity contribution in [3.63, 3.8) is 0 Å². The van der Waals surface area contributed by atoms with Crippen LogP contribution in [0.3, 0.4) is 0 Å². The number of benzene rings is 1. The lowest BCUT2D eigenvalue weighted by Crippen LogP contribution is -2.41. The van der Waals surface area contributed by atoms with Crippen molar-refractivity contribution >= 4 is 41.5 Å². The first kappa shape index (κ1) is 22.7. The van der Waals surface area contributed by atoms with Crippen LogP contribution in [0.2, 0.25) is 5.02 Å². The maximum atomic E-state index is 6.00. The molecule has 1 aliphatic heterocycles. The van der Waals surface area contributed by atoms with Crippen LogP contribution in [0, 0.1) is 0 Å². The van der Waals surface area contributed by atoms with E-state index in [0.29, 0.717) is 6.10 Å². The molecule has 0 aromatic heterocycles. The molecule has 5 nitrogen and oxygen atoms in total. The zero-order valence-electron chi connectivity index (χ0n) is 16.0. The molecule has 2 fully saturated rings. The Morgan fingerprint density at radius 2 is 2.07 bits per heavy atom. The number of rotatable bonds is 9. The van der Waals surface area contributed by atoms with Gasteiger partial charge in [0.25, 0.3) is 0 Å². The molecule has 1 aromatic rings. The average Bonchev–Trinajstić information content (AvgIpc) is 3.27. The summed E-state index contributed by atoms with van der Waals surface area (Å²) in [4.78, 5) is 4.32. The van der Waals surface area contributed by atoms with E-state index in [9.17, 15) is 0 Å². The second kappa shape index (κ2) is 11.4. The molecule has 0 radical (unpaired) electrons. The molecule has 27 heavy (non-hydrogen) atoms. The summed E-state index contributed by atoms with van der Waals surface area (Å²) in [5, 5.41) is 7.62. The predicted molar refractivity (Wildman–Crippen MR) is 122 cm³/mol. The van der Waals surface area contributed by atoms with Crippen LogP contribution < -0.4 is 10.6 Å². The maximum Gasteiger partial charge on any atom is 0.191 e. The molecule has 1 saturated carbocycles. The van der Waals surface area contributed by atoms with Gasteiger partial charge in [-0.1, -0.05) is 23.7 Å². The Morgan fingerprint density at radius 1 is 1.30 bits per heavy atom. The summed E-state index contributed by atoms with van der Waals surface area (Å²) in [6.07, 6.45) is 5.96. The van der Waals surface area contributed by atoms with Crippen molar-refractivity contribution in [2.75, 3.05) is 40.0 Å². The fourth-order valence-electron chi connectivity index (χ4n) is 3.37. The van der Waals surface area contributed by atoms with Crippen LogP contribution in [0.4, 0.5) is 0 Å². The van der Waals surface area contributed by atoms with E-state index < -0.39 is 0 Å². The summed E-state index contributed by atoms with van der Waals surface area (Å²) in [5.41, 5.74) is 1.58. The second-order valence-electron chi connectivity index (χ2n) is 7.20. The van der Waals surface area contributed by atoms with Gasteiger partial charge in [0.2, 0.25) is 0 Å². The molecule has 1 unspecified atom stereocenters. The smallest absolute Gasteiger partial charge is 0.191 e. The molecule has 1 atom stereocenters. The summed E-state index contributed by atoms with van der Waals surface area (Å²) in [6, 6.07) is 8.22. The minimum Gasteiger partial charge on any atom is -0.379 e. The highest BCUT2D eigenvalue weighted by Crippen LogP contribution is 2.47. The molecular weight excluding hydrogens is 477 g/mol. The topological polar surface area (TPSA) is 54.9 Å². The van der Waals surface area contributed by atoms with Gasteiger partial charge < -0.3 is 20.1 Å². The van der Waals surface area contributed by atoms with Gasteiger partial charge in [-0.2, -0.15) is 0 Å². The lowest BCUT2D eigenvalue weighted by molar-refractivity contribution is 0.0168. The predicted octanol–water partition coefficient (Wildman–Crippen LogP) is 3.74. The third-order valence-electron chi connectivity index (χ3n) is 5.21. The molecule has 1 aliphatic carbocycles. The Balaban J connectivity index is 0.00000261. The van der Waals surface area contributed by atoms with E-state index in [1.54, 1.807) is 0 Å². The van der Waals surface area contributed by atoms with Gasteiger partial charge in [-0.05, 0) is 49.8 Å². The summed E-state index contributed by atoms with van der Waals surface area (Å²) < 4.78 is 11.2. The van der Waals surface area contributed by atoms with Gasteiger partial charge in [-0.3, -0.25) is 4.99 Å². The Hall–Kier alpha value is -0.570. The third kappa shape index (κ3) is 7.07. The van der Waals surface area contributed by atoms with Crippen LogP contribution in [0.15, 0.2) is 29.3 Å². The Kier molecular flexibility index (Phi) is 9.62. The van der Waals surface area contributed by atoms with E-state index in [4.69, 9.17) is 21.1 Å². The molecule has 0 amide bonds. The maximum absolute atomic E-state index is 6.00. The Labute approximate surface area is 184 Å². The van der Waals surface area contributed by atoms with Crippen LogP contribution in [0.1, 0.15) is 37.7 Å². The number of aliphatic imine (C=N–C) groups is 1. The van der Waals surface area contributed by atoms with Gasteiger partial charge >= 0.3 is 0 Å². The molecule has 2 aliphatic rings. The van der Waals surface area contributed by atoms with Crippen molar-refractivity contribution in [3.8, 4) is 0 Å². The number of nitrogens with zero attached hydrogens (tertiary/aromatic N) is 1. The van der Waals surface area contributed by atoms with Crippen LogP contribution in [-0.4, -0.2) is 52.0 Å². The minimum atomic E-state index is 0. The van der Waals surface area contributed by atoms with Crippen molar-refractivity contribution in [1.82, 2.24) is 10.6 Å². The number of guanidine groups is 1. The number of nitrogens with one attached hydrogen (secondary N) is 2. The molecular formula is C20H31ClIN3O2. The Bertz CT molecular complexity index is 587. The molecule has 3 rings (SSSR count). The van der Waals surface area contributed by atoms with Gasteiger partial charge in [0.15, 0.2) is 5.96 Å². The number of hydrogen-bond acceptors (Lipinski definition) is 3. The highest BCUT2D eigenvalue weighted by molar-refractivity contribution is 14.0. The van der Waals surface area contributed by atoms with E-state index in [-0.39, 0.29) is 29.4 Å². The van der Waals surface area contributed by atoms with Crippen LogP contribution in [0.5, 0.6) is 0 Å². The molecule has 1 heterocycles. The van der Waals surface area contributed by atoms with Gasteiger partial charge in [-0.15, -0.1) is 24.0 Å². The molecule has 152 valence electrons. The van der Waals surface area contributed by atoms with E-state index in [1.165, 1.54) is 18.4 Å². The van der Waals surface area contributed by atoms with Crippen molar-refractivity contribution in [2.24, 2.45) is 4.99 Å². The highest BCUT2D eigenvalue weighted by Gasteiger charge is 2.44. The van der Waals surface area contributed by atoms with Crippen LogP contribution in [-0.2, 0) is 14.9 Å². The lowest BCUT2D eigenvalue weighted by atomic mass is 9.96. The summed E-state index contributed by atoms with van der Waals surface area (Å²) in [6.45, 7) is 4.09. The summed E-state index contributed by atoms with van der Waals surface area (Å²) in [7, 11) is 1.81. The molecule has 0 bridgehead atoms. The zero-order chi connectivity index (χ0) is 18.2. The third-order valence-corrected chi connectivity index (χ3v) is 5.47. The van der Waals surface area contributed by atoms with Gasteiger partial charge in [0.1, 0.15) is 0 Å². The molecule has 2 N–H and O–H groups in total. The quantitative estimate of drug-likeness (QED) is 0.231. The normalized spacial score (nSPS) is 20.8. The van der Waals surface area contributed by atoms with E-state index in [0.717, 1.165) is 63.2 Å². The number of ether oxygens (including phenoxy) is 2. The van der Waals surface area contributed by atoms with Gasteiger partial charge in [-0.25, -0.2) is 0 Å². The molecule has 0 spiro atoms. The van der Waals surface area contributed by atoms with Crippen LogP contribution >= 0.6 is 35.6 Å². The van der Waals surface area contributed by atoms with E-state index in [1.807, 2.05) is 19.2 Å². The minimum absolute atomic E-state index is 0. The van der Waals surface area contributed by atoms with Crippen molar-refractivity contribution in [1.29, 1.82) is 0 Å². The van der Waals surface area contributed by atoms with Crippen molar-refractivity contribution in [2.45, 2.75) is 43.6 Å². The van der Waals surface area contributed by atoms with Crippen molar-refractivity contribution in [3.05, 3.63) is 34.9 Å². The fourth-order valence-corrected chi connectivity index (χ4v) is 3.49. The molecule has 1 aromatic carbocycles. The van der Waals surface area contributed by atoms with E-state index >= 15 is 0 Å². The highest BCUT2D eigenvalue weighted by atomic mass is 127. The SMILES string of the molecule is CN=C(NCCCOCC1CCCO1)NCC1(c2ccc(Cl)cc2)CC1.I. The summed E-state index contributed by atoms with van der Waals surface area (Å²) in [5.74, 6) is 0.851. The number of hydrogen-bond donors (Lipinski definition) is 2. The Morgan fingerprint density at radius 3 is 2.70 bits per heavy atom. The largest absolute Gasteiger partial charge is 0.379 e. The fraction of sp³-hybridized carbons (Fsp3) is 0.650. The first-order valence-electron chi connectivity index (χ1n) is 9.62. The first-order valence-corrected chi connectivity index (χ1v) is 10.00. The zero-order valence-corrected chi connectivity index (χ0v) is 19.1. The summed E-state index contributed by atoms with van der Waals surface area (Å²) >= 11 is 6.00. The van der Waals surface area contributed by atoms with E-state index in [2.05, 4.69) is 27.8 Å². The average molecular weight is 508 g/mol. The lowest BCUT2D eigenvalue weighted by Gasteiger charge is -2.19. The molecule has 7 heteroatoms. The monoisotopic (exact) mass is 507 g/mol. The van der Waals surface area contributed by atoms with Crippen molar-refractivity contribution < 1.29 is 9.47 Å². The first-order chi connectivity index (χ1) is 12.7. The molecule has 1 saturated heterocycles. The standard InChI is InChI=1S/C20H30ClN3O2.HI/c1-22-19(23-11-3-12-25-14-18-4-2-13-26-18)24-15-20(9-10-20)16-5-7-17(21)8-6-16;/h5-8,18H,2-4,9-15H2,1H3,(H2,22,23,24);1H. The van der Waals surface area contributed by atoms with Gasteiger partial charge in [0.05, 0.1) is 12.7 Å².